The van der Waals surface area contributed by atoms with Crippen LogP contribution in [0.15, 0.2) is 97.2 Å². The summed E-state index contributed by atoms with van der Waals surface area (Å²) in [5.41, 5.74) is 0. The van der Waals surface area contributed by atoms with E-state index >= 15 is 0 Å². The summed E-state index contributed by atoms with van der Waals surface area (Å²) in [5.74, 6) is 0.252. The van der Waals surface area contributed by atoms with Crippen molar-refractivity contribution in [3.63, 3.8) is 0 Å². The summed E-state index contributed by atoms with van der Waals surface area (Å²) >= 11 is 0. The molecule has 0 radical (unpaired) electrons. The Morgan fingerprint density at radius 1 is 0.306 bits per heavy atom. The second-order valence-electron chi connectivity index (χ2n) is 31.0. The SMILES string of the molecule is CCCCCC=CCC=CCCCCCCCCC1(CCCCCCCCC=CCC=CCCCC(C)C(C)CCCC=CCC=CCCCCCCCCC2(CCCCCCCCC=CCC=CCCCCC)OC3CN(C)CC(O)C(O)C3O2)OC2CN(C)CC(O)C(O)C2O1. The predicted molar refractivity (Wildman–Crippen MR) is 418 cm³/mol. The van der Waals surface area contributed by atoms with Crippen molar-refractivity contribution in [2.75, 3.05) is 40.3 Å². The van der Waals surface area contributed by atoms with E-state index in [1.165, 1.54) is 244 Å². The molecule has 10 nitrogen and oxygen atoms in total. The van der Waals surface area contributed by atoms with Crippen molar-refractivity contribution >= 4 is 0 Å². The summed E-state index contributed by atoms with van der Waals surface area (Å²) in [6.07, 6.45) is 92.3. The van der Waals surface area contributed by atoms with E-state index in [1.54, 1.807) is 0 Å². The number of hydrogen-bond acceptors (Lipinski definition) is 10. The van der Waals surface area contributed by atoms with Crippen LogP contribution in [-0.2, 0) is 18.9 Å². The minimum atomic E-state index is -0.917. The first-order chi connectivity index (χ1) is 47.9. The van der Waals surface area contributed by atoms with Gasteiger partial charge in [-0.2, -0.15) is 0 Å². The van der Waals surface area contributed by atoms with Gasteiger partial charge in [0.15, 0.2) is 11.6 Å². The molecule has 0 aromatic rings. The molecule has 0 spiro atoms. The summed E-state index contributed by atoms with van der Waals surface area (Å²) in [6, 6.07) is 0. The van der Waals surface area contributed by atoms with Crippen LogP contribution in [0.5, 0.6) is 0 Å². The molecule has 12 unspecified atom stereocenters. The number of nitrogens with zero attached hydrogens (tertiary/aromatic N) is 2. The Hall–Kier alpha value is -2.48. The minimum absolute atomic E-state index is 0.207. The lowest BCUT2D eigenvalue weighted by Gasteiger charge is -2.31. The number of β-amino-alcohol motifs (C(OH)–C–C–N with tert-alkyl or cyclic N) is 2. The number of aliphatic hydroxyl groups excluding tert-OH is 4. The zero-order valence-corrected chi connectivity index (χ0v) is 64.5. The highest BCUT2D eigenvalue weighted by Gasteiger charge is 2.53. The third-order valence-electron chi connectivity index (χ3n) is 21.7. The quantitative estimate of drug-likeness (QED) is 0.0346. The maximum absolute atomic E-state index is 11.1. The van der Waals surface area contributed by atoms with Gasteiger partial charge in [0.05, 0.1) is 12.2 Å². The van der Waals surface area contributed by atoms with Crippen LogP contribution < -0.4 is 0 Å². The zero-order chi connectivity index (χ0) is 70.3. The number of rotatable bonds is 61. The second kappa shape index (κ2) is 57.9. The molecule has 566 valence electrons. The zero-order valence-electron chi connectivity index (χ0n) is 64.5. The van der Waals surface area contributed by atoms with Crippen molar-refractivity contribution in [3.8, 4) is 0 Å². The van der Waals surface area contributed by atoms with Gasteiger partial charge < -0.3 is 49.2 Å². The van der Waals surface area contributed by atoms with Crippen LogP contribution in [-0.4, -0.2) is 131 Å². The molecule has 0 saturated carbocycles. The van der Waals surface area contributed by atoms with Gasteiger partial charge in [-0.25, -0.2) is 0 Å². The summed E-state index contributed by atoms with van der Waals surface area (Å²) < 4.78 is 27.0. The van der Waals surface area contributed by atoms with Crippen molar-refractivity contribution < 1.29 is 39.4 Å². The molecule has 0 amide bonds. The Morgan fingerprint density at radius 3 is 0.806 bits per heavy atom. The summed E-state index contributed by atoms with van der Waals surface area (Å²) in [6.45, 7) is 11.7. The first kappa shape index (κ1) is 87.9. The molecule has 0 aromatic heterocycles. The van der Waals surface area contributed by atoms with Crippen LogP contribution in [0.2, 0.25) is 0 Å². The summed E-state index contributed by atoms with van der Waals surface area (Å²) in [7, 11) is 4.00. The third-order valence-corrected chi connectivity index (χ3v) is 21.7. The van der Waals surface area contributed by atoms with E-state index in [1.807, 2.05) is 14.1 Å². The molecule has 4 fully saturated rings. The van der Waals surface area contributed by atoms with Gasteiger partial charge in [0.2, 0.25) is 0 Å². The smallest absolute Gasteiger partial charge is 0.169 e. The highest BCUT2D eigenvalue weighted by atomic mass is 16.8. The predicted octanol–water partition coefficient (Wildman–Crippen LogP) is 22.5. The number of fused-ring (bicyclic) bond motifs is 2. The van der Waals surface area contributed by atoms with Gasteiger partial charge in [0.1, 0.15) is 36.6 Å². The Kier molecular flexibility index (Phi) is 51.9. The number of unbranched alkanes of at least 4 members (excludes halogenated alkanes) is 32. The molecule has 0 aliphatic carbocycles. The molecule has 10 heteroatoms. The van der Waals surface area contributed by atoms with Gasteiger partial charge in [-0.15, -0.1) is 0 Å². The van der Waals surface area contributed by atoms with Crippen molar-refractivity contribution in [2.24, 2.45) is 11.8 Å². The fourth-order valence-corrected chi connectivity index (χ4v) is 15.2. The van der Waals surface area contributed by atoms with E-state index in [0.29, 0.717) is 26.2 Å². The van der Waals surface area contributed by atoms with E-state index in [0.717, 1.165) is 88.9 Å². The molecular weight excluding hydrogens is 1210 g/mol. The maximum atomic E-state index is 11.1. The van der Waals surface area contributed by atoms with Crippen molar-refractivity contribution in [3.05, 3.63) is 97.2 Å². The topological polar surface area (TPSA) is 124 Å². The van der Waals surface area contributed by atoms with Gasteiger partial charge in [-0.1, -0.05) is 266 Å². The van der Waals surface area contributed by atoms with E-state index in [4.69, 9.17) is 18.9 Å². The van der Waals surface area contributed by atoms with Crippen LogP contribution in [0.25, 0.3) is 0 Å². The lowest BCUT2D eigenvalue weighted by molar-refractivity contribution is -0.201. The van der Waals surface area contributed by atoms with E-state index in [-0.39, 0.29) is 12.2 Å². The average molecular weight is 1370 g/mol. The molecule has 4 aliphatic heterocycles. The van der Waals surface area contributed by atoms with Crippen LogP contribution in [0, 0.1) is 11.8 Å². The monoisotopic (exact) mass is 1370 g/mol. The van der Waals surface area contributed by atoms with Crippen LogP contribution in [0.1, 0.15) is 349 Å². The average Bonchev–Trinajstić information content (AvgIpc) is 1.64. The minimum Gasteiger partial charge on any atom is -0.389 e. The van der Waals surface area contributed by atoms with Crippen molar-refractivity contribution in [2.45, 2.75) is 409 Å². The number of ether oxygens (including phenoxy) is 4. The van der Waals surface area contributed by atoms with Crippen LogP contribution >= 0.6 is 0 Å². The van der Waals surface area contributed by atoms with E-state index < -0.39 is 48.2 Å². The van der Waals surface area contributed by atoms with Crippen molar-refractivity contribution in [1.82, 2.24) is 9.80 Å². The fraction of sp³-hybridized carbons (Fsp3) is 0.818. The second-order valence-corrected chi connectivity index (χ2v) is 31.0. The molecule has 12 atom stereocenters. The lowest BCUT2D eigenvalue weighted by Crippen LogP contribution is -2.43. The number of aliphatic hydroxyl groups is 4. The normalized spacial score (nSPS) is 25.9. The molecular formula is C88H156N2O8. The Labute approximate surface area is 604 Å². The first-order valence-electron chi connectivity index (χ1n) is 41.9. The fourth-order valence-electron chi connectivity index (χ4n) is 15.2. The number of likely N-dealkylation sites (N-methyl/N-ethyl adjacent to an activating group) is 2. The molecule has 4 heterocycles. The Morgan fingerprint density at radius 2 is 0.541 bits per heavy atom. The van der Waals surface area contributed by atoms with Gasteiger partial charge >= 0.3 is 0 Å². The van der Waals surface area contributed by atoms with E-state index in [2.05, 4.69) is 135 Å². The molecule has 4 N–H and O–H groups in total. The lowest BCUT2D eigenvalue weighted by atomic mass is 9.87. The highest BCUT2D eigenvalue weighted by Crippen LogP contribution is 2.42. The maximum Gasteiger partial charge on any atom is 0.169 e. The Bertz CT molecular complexity index is 1980. The summed E-state index contributed by atoms with van der Waals surface area (Å²) in [5, 5.41) is 43.5. The molecule has 4 saturated heterocycles. The largest absolute Gasteiger partial charge is 0.389 e. The molecule has 0 bridgehead atoms. The highest BCUT2D eigenvalue weighted by molar-refractivity contribution is 5.00. The first-order valence-corrected chi connectivity index (χ1v) is 41.9. The van der Waals surface area contributed by atoms with Gasteiger partial charge in [-0.3, -0.25) is 0 Å². The van der Waals surface area contributed by atoms with Crippen LogP contribution in [0.4, 0.5) is 0 Å². The van der Waals surface area contributed by atoms with E-state index in [9.17, 15) is 20.4 Å². The number of allylic oxidation sites excluding steroid dienone is 16. The van der Waals surface area contributed by atoms with Gasteiger partial charge in [0.25, 0.3) is 0 Å². The van der Waals surface area contributed by atoms with Gasteiger partial charge in [-0.05, 0) is 180 Å². The number of likely N-dealkylation sites (tertiary alicyclic amines) is 2. The van der Waals surface area contributed by atoms with Crippen LogP contribution in [0.3, 0.4) is 0 Å². The molecule has 4 aliphatic rings. The molecule has 98 heavy (non-hydrogen) atoms. The summed E-state index contributed by atoms with van der Waals surface area (Å²) in [4.78, 5) is 4.15. The standard InChI is InChI=1S/C88H156N2O8/c1-7-9-11-13-15-17-19-21-23-27-33-39-45-51-57-63-69-87(95-81-75-89(5)73-79(91)83(93)85(81)97-87)71-65-59-53-47-41-35-29-25-31-37-43-49-55-61-67-77(3)78(4)68-62-56-50-44-38-32-26-30-36-42-48-54-60-66-72-88(96-82-76-90(6)74-80(92)84(94)86(82)98-88)70-64-58-52-46-40-34-28-24-22-20-18-16-14-12-10-8-2/h15-18,21-26,31-32,43-44,49-50,77-86,91-94H,7-14,19-20,27-30,33-42,45-48,51-76H2,1-6H3. The van der Waals surface area contributed by atoms with Gasteiger partial charge in [0, 0.05) is 51.9 Å². The third kappa shape index (κ3) is 41.1. The molecule has 4 rings (SSSR count). The van der Waals surface area contributed by atoms with Crippen molar-refractivity contribution in [1.29, 1.82) is 0 Å². The molecule has 0 aromatic carbocycles. The Balaban J connectivity index is 0.947. The number of hydrogen-bond donors (Lipinski definition) is 4.